The molecule has 0 aliphatic heterocycles. The number of nitrogens with zero attached hydrogens (tertiary/aromatic N) is 4. The molecule has 96 valence electrons. The highest BCUT2D eigenvalue weighted by Crippen LogP contribution is 2.24. The van der Waals surface area contributed by atoms with Crippen molar-refractivity contribution in [1.82, 2.24) is 30.6 Å². The summed E-state index contributed by atoms with van der Waals surface area (Å²) in [6.07, 6.45) is 3.30. The molecular formula is C13H8N6O. The minimum absolute atomic E-state index is 0.139. The predicted octanol–water partition coefficient (Wildman–Crippen LogP) is 1.26. The molecule has 4 rings (SSSR count). The van der Waals surface area contributed by atoms with Gasteiger partial charge in [-0.15, -0.1) is 10.2 Å². The van der Waals surface area contributed by atoms with Crippen molar-refractivity contribution in [2.45, 2.75) is 0 Å². The lowest BCUT2D eigenvalue weighted by molar-refractivity contribution is 0.881. The summed E-state index contributed by atoms with van der Waals surface area (Å²) in [7, 11) is 0. The lowest BCUT2D eigenvalue weighted by Crippen LogP contribution is -2.06. The quantitative estimate of drug-likeness (QED) is 0.504. The van der Waals surface area contributed by atoms with Gasteiger partial charge in [-0.3, -0.25) is 9.78 Å². The Morgan fingerprint density at radius 1 is 1.05 bits per heavy atom. The molecule has 4 aromatic rings. The summed E-state index contributed by atoms with van der Waals surface area (Å²) in [5, 5.41) is 16.2. The molecule has 0 aliphatic carbocycles. The number of H-pyrrole nitrogens is 2. The van der Waals surface area contributed by atoms with Crippen molar-refractivity contribution >= 4 is 21.7 Å². The maximum Gasteiger partial charge on any atom is 0.256 e. The van der Waals surface area contributed by atoms with E-state index in [-0.39, 0.29) is 5.56 Å². The van der Waals surface area contributed by atoms with Crippen molar-refractivity contribution in [2.24, 2.45) is 0 Å². The van der Waals surface area contributed by atoms with Crippen LogP contribution in [0.1, 0.15) is 0 Å². The van der Waals surface area contributed by atoms with Crippen LogP contribution in [0.25, 0.3) is 33.1 Å². The van der Waals surface area contributed by atoms with Crippen LogP contribution in [0, 0.1) is 0 Å². The molecule has 0 fully saturated rings. The molecule has 0 amide bonds. The third kappa shape index (κ3) is 1.50. The molecule has 0 aliphatic rings. The summed E-state index contributed by atoms with van der Waals surface area (Å²) < 4.78 is 0. The van der Waals surface area contributed by atoms with E-state index in [2.05, 4.69) is 30.6 Å². The first-order chi connectivity index (χ1) is 9.83. The first kappa shape index (κ1) is 10.8. The number of benzene rings is 1. The van der Waals surface area contributed by atoms with Crippen molar-refractivity contribution in [3.63, 3.8) is 0 Å². The second-order valence-corrected chi connectivity index (χ2v) is 4.37. The molecule has 0 unspecified atom stereocenters. The van der Waals surface area contributed by atoms with Gasteiger partial charge in [0.1, 0.15) is 0 Å². The SMILES string of the molecule is O=c1[nH]c2cc(-c3nn[nH]n3)ccc2c2cnccc12. The van der Waals surface area contributed by atoms with Crippen molar-refractivity contribution < 1.29 is 0 Å². The van der Waals surface area contributed by atoms with Gasteiger partial charge in [-0.1, -0.05) is 12.1 Å². The fourth-order valence-corrected chi connectivity index (χ4v) is 2.30. The standard InChI is InChI=1S/C13H8N6O/c20-13-9-3-4-14-6-10(9)8-2-1-7(5-11(8)15-13)12-16-18-19-17-12/h1-6H,(H,15,20)(H,16,17,18,19). The van der Waals surface area contributed by atoms with Gasteiger partial charge in [-0.2, -0.15) is 5.21 Å². The number of nitrogens with one attached hydrogen (secondary N) is 2. The molecule has 20 heavy (non-hydrogen) atoms. The highest BCUT2D eigenvalue weighted by atomic mass is 16.1. The number of hydrogen-bond acceptors (Lipinski definition) is 5. The van der Waals surface area contributed by atoms with E-state index in [1.54, 1.807) is 18.5 Å². The molecule has 3 heterocycles. The average molecular weight is 264 g/mol. The predicted molar refractivity (Wildman–Crippen MR) is 73.0 cm³/mol. The highest BCUT2D eigenvalue weighted by molar-refractivity contribution is 6.05. The number of rotatable bonds is 1. The molecule has 0 saturated heterocycles. The van der Waals surface area contributed by atoms with E-state index in [9.17, 15) is 4.79 Å². The Morgan fingerprint density at radius 2 is 2.00 bits per heavy atom. The van der Waals surface area contributed by atoms with E-state index in [0.717, 1.165) is 21.9 Å². The summed E-state index contributed by atoms with van der Waals surface area (Å²) in [5.41, 5.74) is 1.36. The van der Waals surface area contributed by atoms with E-state index >= 15 is 0 Å². The number of aromatic nitrogens is 6. The van der Waals surface area contributed by atoms with Crippen LogP contribution in [0.2, 0.25) is 0 Å². The van der Waals surface area contributed by atoms with Crippen LogP contribution in [-0.2, 0) is 0 Å². The zero-order chi connectivity index (χ0) is 13.5. The molecule has 0 saturated carbocycles. The van der Waals surface area contributed by atoms with Gasteiger partial charge in [0, 0.05) is 34.2 Å². The van der Waals surface area contributed by atoms with E-state index in [1.807, 2.05) is 18.2 Å². The Labute approximate surface area is 111 Å². The van der Waals surface area contributed by atoms with Crippen LogP contribution >= 0.6 is 0 Å². The van der Waals surface area contributed by atoms with Gasteiger partial charge in [-0.05, 0) is 17.3 Å². The lowest BCUT2D eigenvalue weighted by atomic mass is 10.1. The fourth-order valence-electron chi connectivity index (χ4n) is 2.30. The van der Waals surface area contributed by atoms with E-state index < -0.39 is 0 Å². The molecular weight excluding hydrogens is 256 g/mol. The molecule has 7 heteroatoms. The number of hydrogen-bond donors (Lipinski definition) is 2. The molecule has 0 bridgehead atoms. The number of aromatic amines is 2. The van der Waals surface area contributed by atoms with E-state index in [0.29, 0.717) is 11.2 Å². The second-order valence-electron chi connectivity index (χ2n) is 4.37. The van der Waals surface area contributed by atoms with E-state index in [1.165, 1.54) is 0 Å². The molecule has 2 N–H and O–H groups in total. The maximum absolute atomic E-state index is 12.1. The monoisotopic (exact) mass is 264 g/mol. The third-order valence-corrected chi connectivity index (χ3v) is 3.23. The maximum atomic E-state index is 12.1. The van der Waals surface area contributed by atoms with Crippen molar-refractivity contribution in [3.8, 4) is 11.4 Å². The molecule has 0 spiro atoms. The average Bonchev–Trinajstić information content (AvgIpc) is 3.01. The summed E-state index contributed by atoms with van der Waals surface area (Å²) >= 11 is 0. The number of pyridine rings is 2. The molecule has 7 nitrogen and oxygen atoms in total. The smallest absolute Gasteiger partial charge is 0.256 e. The van der Waals surface area contributed by atoms with Gasteiger partial charge >= 0.3 is 0 Å². The van der Waals surface area contributed by atoms with Crippen LogP contribution in [0.15, 0.2) is 41.5 Å². The molecule has 3 aromatic heterocycles. The molecule has 1 aromatic carbocycles. The van der Waals surface area contributed by atoms with Crippen LogP contribution < -0.4 is 5.56 Å². The molecule has 0 atom stereocenters. The Balaban J connectivity index is 2.10. The topological polar surface area (TPSA) is 100 Å². The Morgan fingerprint density at radius 3 is 2.85 bits per heavy atom. The Hall–Kier alpha value is -3.09. The van der Waals surface area contributed by atoms with Gasteiger partial charge in [0.2, 0.25) is 5.82 Å². The van der Waals surface area contributed by atoms with Crippen LogP contribution in [0.4, 0.5) is 0 Å². The summed E-state index contributed by atoms with van der Waals surface area (Å²) in [6, 6.07) is 7.34. The van der Waals surface area contributed by atoms with Crippen molar-refractivity contribution in [3.05, 3.63) is 47.0 Å². The van der Waals surface area contributed by atoms with Crippen molar-refractivity contribution in [1.29, 1.82) is 0 Å². The van der Waals surface area contributed by atoms with Gasteiger partial charge in [0.15, 0.2) is 0 Å². The normalized spacial score (nSPS) is 11.2. The minimum atomic E-state index is -0.139. The van der Waals surface area contributed by atoms with E-state index in [4.69, 9.17) is 0 Å². The van der Waals surface area contributed by atoms with Crippen LogP contribution in [0.3, 0.4) is 0 Å². The second kappa shape index (κ2) is 3.95. The largest absolute Gasteiger partial charge is 0.321 e. The molecule has 0 radical (unpaired) electrons. The van der Waals surface area contributed by atoms with Gasteiger partial charge in [-0.25, -0.2) is 0 Å². The highest BCUT2D eigenvalue weighted by Gasteiger charge is 2.08. The third-order valence-electron chi connectivity index (χ3n) is 3.23. The van der Waals surface area contributed by atoms with Crippen LogP contribution in [-0.4, -0.2) is 30.6 Å². The van der Waals surface area contributed by atoms with Gasteiger partial charge in [0.25, 0.3) is 5.56 Å². The first-order valence-corrected chi connectivity index (χ1v) is 5.96. The zero-order valence-corrected chi connectivity index (χ0v) is 10.2. The minimum Gasteiger partial charge on any atom is -0.321 e. The van der Waals surface area contributed by atoms with Gasteiger partial charge < -0.3 is 4.98 Å². The van der Waals surface area contributed by atoms with Gasteiger partial charge in [0.05, 0.1) is 5.39 Å². The fraction of sp³-hybridized carbons (Fsp3) is 0. The van der Waals surface area contributed by atoms with Crippen molar-refractivity contribution in [2.75, 3.05) is 0 Å². The summed E-state index contributed by atoms with van der Waals surface area (Å²) in [6.45, 7) is 0. The van der Waals surface area contributed by atoms with Crippen LogP contribution in [0.5, 0.6) is 0 Å². The number of fused-ring (bicyclic) bond motifs is 3. The zero-order valence-electron chi connectivity index (χ0n) is 10.2. The summed E-state index contributed by atoms with van der Waals surface area (Å²) in [5.74, 6) is 0.485. The Kier molecular flexibility index (Phi) is 2.13. The lowest BCUT2D eigenvalue weighted by Gasteiger charge is -2.04. The Bertz CT molecular complexity index is 973. The number of tetrazole rings is 1. The first-order valence-electron chi connectivity index (χ1n) is 5.96. The summed E-state index contributed by atoms with van der Waals surface area (Å²) in [4.78, 5) is 19.0.